The quantitative estimate of drug-likeness (QED) is 0.652. The number of hydrogen-bond donors (Lipinski definition) is 0. The molecule has 82 valence electrons. The third-order valence-electron chi connectivity index (χ3n) is 2.81. The van der Waals surface area contributed by atoms with Crippen molar-refractivity contribution in [1.29, 1.82) is 0 Å². The lowest BCUT2D eigenvalue weighted by atomic mass is 9.98. The van der Waals surface area contributed by atoms with E-state index in [1.165, 1.54) is 21.9 Å². The molecule has 0 heterocycles. The molecule has 0 nitrogen and oxygen atoms in total. The van der Waals surface area contributed by atoms with Crippen LogP contribution in [0.4, 0.5) is 0 Å². The van der Waals surface area contributed by atoms with E-state index < -0.39 is 0 Å². The molecule has 1 heteroatoms. The van der Waals surface area contributed by atoms with Crippen molar-refractivity contribution in [2.45, 2.75) is 19.8 Å². The Morgan fingerprint density at radius 3 is 2.38 bits per heavy atom. The van der Waals surface area contributed by atoms with Gasteiger partial charge in [-0.2, -0.15) is 0 Å². The number of benzene rings is 2. The number of halogens is 1. The molecule has 0 fully saturated rings. The van der Waals surface area contributed by atoms with Gasteiger partial charge in [-0.15, -0.1) is 0 Å². The molecule has 0 radical (unpaired) electrons. The van der Waals surface area contributed by atoms with Crippen molar-refractivity contribution >= 4 is 39.4 Å². The fourth-order valence-corrected chi connectivity index (χ4v) is 2.23. The smallest absolute Gasteiger partial charge is 0.0178 e. The van der Waals surface area contributed by atoms with Crippen molar-refractivity contribution < 1.29 is 0 Å². The lowest BCUT2D eigenvalue weighted by Crippen LogP contribution is -1.86. The number of rotatable bonds is 2. The van der Waals surface area contributed by atoms with Crippen LogP contribution >= 0.6 is 22.6 Å². The summed E-state index contributed by atoms with van der Waals surface area (Å²) in [4.78, 5) is 0. The average Bonchev–Trinajstić information content (AvgIpc) is 2.28. The zero-order valence-corrected chi connectivity index (χ0v) is 11.7. The molecule has 0 unspecified atom stereocenters. The Hall–Kier alpha value is -0.830. The summed E-state index contributed by atoms with van der Waals surface area (Å²) in [6.07, 6.45) is 2.12. The van der Waals surface area contributed by atoms with Gasteiger partial charge in [-0.05, 0) is 44.0 Å². The second kappa shape index (κ2) is 5.00. The maximum absolute atomic E-state index is 2.29. The van der Waals surface area contributed by atoms with E-state index in [2.05, 4.69) is 78.9 Å². The molecule has 0 amide bonds. The monoisotopic (exact) mass is 322 g/mol. The SMILES string of the molecule is CC(C)c1ccc2cc(/C=C/I)ccc2c1. The van der Waals surface area contributed by atoms with E-state index in [0.29, 0.717) is 5.92 Å². The highest BCUT2D eigenvalue weighted by atomic mass is 127. The Kier molecular flexibility index (Phi) is 3.64. The van der Waals surface area contributed by atoms with Gasteiger partial charge in [0, 0.05) is 0 Å². The fraction of sp³-hybridized carbons (Fsp3) is 0.200. The van der Waals surface area contributed by atoms with Crippen LogP contribution in [0.3, 0.4) is 0 Å². The summed E-state index contributed by atoms with van der Waals surface area (Å²) < 4.78 is 2.04. The number of fused-ring (bicyclic) bond motifs is 1. The molecule has 2 aromatic rings. The minimum Gasteiger partial charge on any atom is -0.0587 e. The van der Waals surface area contributed by atoms with Crippen molar-refractivity contribution in [2.75, 3.05) is 0 Å². The van der Waals surface area contributed by atoms with Crippen LogP contribution in [-0.4, -0.2) is 0 Å². The molecule has 0 bridgehead atoms. The second-order valence-electron chi connectivity index (χ2n) is 4.31. The molecule has 2 aromatic carbocycles. The van der Waals surface area contributed by atoms with Crippen LogP contribution in [0.15, 0.2) is 40.5 Å². The summed E-state index contributed by atoms with van der Waals surface area (Å²) in [7, 11) is 0. The molecule has 0 aliphatic rings. The van der Waals surface area contributed by atoms with E-state index in [0.717, 1.165) is 0 Å². The van der Waals surface area contributed by atoms with Crippen LogP contribution < -0.4 is 0 Å². The Morgan fingerprint density at radius 1 is 1.00 bits per heavy atom. The largest absolute Gasteiger partial charge is 0.0587 e. The molecular weight excluding hydrogens is 307 g/mol. The van der Waals surface area contributed by atoms with E-state index in [9.17, 15) is 0 Å². The average molecular weight is 322 g/mol. The van der Waals surface area contributed by atoms with Gasteiger partial charge in [0.2, 0.25) is 0 Å². The first kappa shape index (κ1) is 11.6. The van der Waals surface area contributed by atoms with Gasteiger partial charge in [-0.3, -0.25) is 0 Å². The minimum atomic E-state index is 0.596. The van der Waals surface area contributed by atoms with Gasteiger partial charge in [0.05, 0.1) is 0 Å². The van der Waals surface area contributed by atoms with E-state index in [1.54, 1.807) is 0 Å². The van der Waals surface area contributed by atoms with Gasteiger partial charge in [-0.25, -0.2) is 0 Å². The predicted molar refractivity (Wildman–Crippen MR) is 81.1 cm³/mol. The highest BCUT2D eigenvalue weighted by Gasteiger charge is 2.00. The van der Waals surface area contributed by atoms with Crippen LogP contribution in [0, 0.1) is 0 Å². The minimum absolute atomic E-state index is 0.596. The maximum atomic E-state index is 2.29. The predicted octanol–water partition coefficient (Wildman–Crippen LogP) is 5.37. The summed E-state index contributed by atoms with van der Waals surface area (Å²) >= 11 is 2.25. The van der Waals surface area contributed by atoms with Gasteiger partial charge in [0.1, 0.15) is 0 Å². The molecule has 0 saturated carbocycles. The summed E-state index contributed by atoms with van der Waals surface area (Å²) in [6.45, 7) is 4.46. The van der Waals surface area contributed by atoms with E-state index in [1.807, 2.05) is 4.08 Å². The summed E-state index contributed by atoms with van der Waals surface area (Å²) in [5.41, 5.74) is 2.67. The zero-order valence-electron chi connectivity index (χ0n) is 9.57. The molecule has 0 saturated heterocycles. The lowest BCUT2D eigenvalue weighted by Gasteiger charge is -2.07. The van der Waals surface area contributed by atoms with Gasteiger partial charge in [0.25, 0.3) is 0 Å². The molecule has 0 aliphatic carbocycles. The Bertz CT molecular complexity index is 524. The van der Waals surface area contributed by atoms with Gasteiger partial charge >= 0.3 is 0 Å². The Balaban J connectivity index is 2.52. The van der Waals surface area contributed by atoms with E-state index in [4.69, 9.17) is 0 Å². The van der Waals surface area contributed by atoms with Crippen LogP contribution in [-0.2, 0) is 0 Å². The first-order chi connectivity index (χ1) is 7.70. The van der Waals surface area contributed by atoms with Crippen LogP contribution in [0.2, 0.25) is 0 Å². The topological polar surface area (TPSA) is 0 Å². The zero-order chi connectivity index (χ0) is 11.5. The summed E-state index contributed by atoms with van der Waals surface area (Å²) in [6, 6.07) is 13.3. The van der Waals surface area contributed by atoms with Gasteiger partial charge in [0.15, 0.2) is 0 Å². The fourth-order valence-electron chi connectivity index (χ4n) is 1.82. The maximum Gasteiger partial charge on any atom is -0.0178 e. The normalized spacial score (nSPS) is 11.8. The first-order valence-corrected chi connectivity index (χ1v) is 6.76. The van der Waals surface area contributed by atoms with Crippen molar-refractivity contribution in [3.63, 3.8) is 0 Å². The van der Waals surface area contributed by atoms with Gasteiger partial charge < -0.3 is 0 Å². The molecule has 0 spiro atoms. The molecule has 0 aromatic heterocycles. The van der Waals surface area contributed by atoms with E-state index >= 15 is 0 Å². The molecule has 0 N–H and O–H groups in total. The number of hydrogen-bond acceptors (Lipinski definition) is 0. The van der Waals surface area contributed by atoms with Crippen molar-refractivity contribution in [2.24, 2.45) is 0 Å². The Labute approximate surface area is 111 Å². The molecular formula is C15H15I. The molecule has 0 aliphatic heterocycles. The lowest BCUT2D eigenvalue weighted by molar-refractivity contribution is 0.869. The van der Waals surface area contributed by atoms with E-state index in [-0.39, 0.29) is 0 Å². The molecule has 2 rings (SSSR count). The Morgan fingerprint density at radius 2 is 1.69 bits per heavy atom. The van der Waals surface area contributed by atoms with Crippen LogP contribution in [0.1, 0.15) is 30.9 Å². The van der Waals surface area contributed by atoms with Crippen LogP contribution in [0.5, 0.6) is 0 Å². The second-order valence-corrected chi connectivity index (χ2v) is 5.03. The molecule has 16 heavy (non-hydrogen) atoms. The van der Waals surface area contributed by atoms with Crippen molar-refractivity contribution in [3.05, 3.63) is 51.6 Å². The summed E-state index contributed by atoms with van der Waals surface area (Å²) in [5.74, 6) is 0.596. The first-order valence-electron chi connectivity index (χ1n) is 5.51. The third kappa shape index (κ3) is 2.46. The third-order valence-corrected chi connectivity index (χ3v) is 3.17. The van der Waals surface area contributed by atoms with Crippen LogP contribution in [0.25, 0.3) is 16.8 Å². The summed E-state index contributed by atoms with van der Waals surface area (Å²) in [5, 5.41) is 2.65. The highest BCUT2D eigenvalue weighted by molar-refractivity contribution is 14.1. The highest BCUT2D eigenvalue weighted by Crippen LogP contribution is 2.22. The molecule has 0 atom stereocenters. The van der Waals surface area contributed by atoms with Gasteiger partial charge in [-0.1, -0.05) is 66.8 Å². The standard InChI is InChI=1S/C15H15I/c1-11(2)13-5-6-14-9-12(7-8-16)3-4-15(14)10-13/h3-11H,1-2H3/b8-7+. The van der Waals surface area contributed by atoms with Crippen molar-refractivity contribution in [3.8, 4) is 0 Å². The van der Waals surface area contributed by atoms with Crippen molar-refractivity contribution in [1.82, 2.24) is 0 Å².